The van der Waals surface area contributed by atoms with Gasteiger partial charge in [0.25, 0.3) is 11.1 Å². The van der Waals surface area contributed by atoms with E-state index < -0.39 is 17.1 Å². The van der Waals surface area contributed by atoms with Gasteiger partial charge in [0.15, 0.2) is 6.61 Å². The average Bonchev–Trinajstić information content (AvgIpc) is 3.01. The van der Waals surface area contributed by atoms with Crippen LogP contribution in [0.25, 0.3) is 6.08 Å². The van der Waals surface area contributed by atoms with Crippen LogP contribution in [-0.4, -0.2) is 65.7 Å². The minimum atomic E-state index is -0.518. The molecular weight excluding hydrogens is 500 g/mol. The van der Waals surface area contributed by atoms with Crippen molar-refractivity contribution in [3.63, 3.8) is 0 Å². The quantitative estimate of drug-likeness (QED) is 0.396. The molecule has 2 fully saturated rings. The lowest BCUT2D eigenvalue weighted by atomic mass is 9.99. The minimum Gasteiger partial charge on any atom is -0.481 e. The molecule has 3 rings (SSSR count). The van der Waals surface area contributed by atoms with E-state index >= 15 is 0 Å². The molecule has 2 heterocycles. The maximum Gasteiger partial charge on any atom is 0.344 e. The van der Waals surface area contributed by atoms with E-state index in [1.165, 1.54) is 6.08 Å². The number of amides is 3. The SMILES string of the molecule is CCOC(=O)COc1ccc(Br)cc1/C=C1/SC(=O)N(CC(=O)N2CCC(C)CC2)C1=O. The number of nitrogens with zero attached hydrogens (tertiary/aromatic N) is 2. The van der Waals surface area contributed by atoms with E-state index in [1.54, 1.807) is 30.0 Å². The molecule has 0 unspecified atom stereocenters. The monoisotopic (exact) mass is 524 g/mol. The summed E-state index contributed by atoms with van der Waals surface area (Å²) < 4.78 is 11.1. The lowest BCUT2D eigenvalue weighted by Gasteiger charge is -2.31. The van der Waals surface area contributed by atoms with Gasteiger partial charge in [0.2, 0.25) is 5.91 Å². The van der Waals surface area contributed by atoms with E-state index in [4.69, 9.17) is 9.47 Å². The van der Waals surface area contributed by atoms with Crippen LogP contribution in [-0.2, 0) is 19.1 Å². The number of rotatable bonds is 7. The van der Waals surface area contributed by atoms with Crippen LogP contribution in [0.5, 0.6) is 5.75 Å². The molecule has 2 aliphatic heterocycles. The molecule has 0 atom stereocenters. The molecular formula is C22H25BrN2O6S. The van der Waals surface area contributed by atoms with E-state index in [0.717, 1.165) is 34.0 Å². The Morgan fingerprint density at radius 3 is 2.66 bits per heavy atom. The summed E-state index contributed by atoms with van der Waals surface area (Å²) >= 11 is 4.15. The molecule has 8 nitrogen and oxygen atoms in total. The molecule has 32 heavy (non-hydrogen) atoms. The highest BCUT2D eigenvalue weighted by Gasteiger charge is 2.37. The number of imide groups is 1. The third-order valence-electron chi connectivity index (χ3n) is 5.21. The first kappa shape index (κ1) is 24.3. The fraction of sp³-hybridized carbons (Fsp3) is 0.455. The molecule has 0 aliphatic carbocycles. The average molecular weight is 525 g/mol. The Kier molecular flexibility index (Phi) is 8.36. The van der Waals surface area contributed by atoms with Gasteiger partial charge in [-0.2, -0.15) is 0 Å². The maximum atomic E-state index is 12.9. The van der Waals surface area contributed by atoms with Gasteiger partial charge in [0.05, 0.1) is 11.5 Å². The summed E-state index contributed by atoms with van der Waals surface area (Å²) in [4.78, 5) is 52.4. The lowest BCUT2D eigenvalue weighted by Crippen LogP contribution is -2.45. The van der Waals surface area contributed by atoms with Crippen LogP contribution in [0.3, 0.4) is 0 Å². The third-order valence-corrected chi connectivity index (χ3v) is 6.61. The zero-order chi connectivity index (χ0) is 23.3. The van der Waals surface area contributed by atoms with Gasteiger partial charge in [-0.1, -0.05) is 22.9 Å². The number of halogens is 1. The Bertz CT molecular complexity index is 942. The van der Waals surface area contributed by atoms with E-state index in [-0.39, 0.29) is 30.6 Å². The number of ether oxygens (including phenoxy) is 2. The van der Waals surface area contributed by atoms with Gasteiger partial charge in [-0.3, -0.25) is 19.3 Å². The summed E-state index contributed by atoms with van der Waals surface area (Å²) in [6.45, 7) is 4.85. The molecule has 0 N–H and O–H groups in total. The number of esters is 1. The summed E-state index contributed by atoms with van der Waals surface area (Å²) in [6.07, 6.45) is 3.37. The molecule has 172 valence electrons. The van der Waals surface area contributed by atoms with E-state index in [0.29, 0.717) is 30.3 Å². The van der Waals surface area contributed by atoms with E-state index in [9.17, 15) is 19.2 Å². The highest BCUT2D eigenvalue weighted by atomic mass is 79.9. The fourth-order valence-corrected chi connectivity index (χ4v) is 4.58. The number of carbonyl (C=O) groups excluding carboxylic acids is 4. The van der Waals surface area contributed by atoms with Crippen LogP contribution in [0.1, 0.15) is 32.3 Å². The topological polar surface area (TPSA) is 93.2 Å². The lowest BCUT2D eigenvalue weighted by molar-refractivity contribution is -0.145. The predicted octanol–water partition coefficient (Wildman–Crippen LogP) is 3.69. The van der Waals surface area contributed by atoms with Gasteiger partial charge < -0.3 is 14.4 Å². The second-order valence-electron chi connectivity index (χ2n) is 7.61. The van der Waals surface area contributed by atoms with Crippen LogP contribution in [0.2, 0.25) is 0 Å². The first-order chi connectivity index (χ1) is 15.3. The summed E-state index contributed by atoms with van der Waals surface area (Å²) in [5.74, 6) is -0.306. The van der Waals surface area contributed by atoms with Gasteiger partial charge >= 0.3 is 5.97 Å². The molecule has 2 saturated heterocycles. The van der Waals surface area contributed by atoms with Crippen molar-refractivity contribution < 1.29 is 28.7 Å². The normalized spacial score (nSPS) is 18.4. The molecule has 0 spiro atoms. The molecule has 3 amide bonds. The molecule has 2 aliphatic rings. The van der Waals surface area contributed by atoms with E-state index in [2.05, 4.69) is 22.9 Å². The Morgan fingerprint density at radius 1 is 1.25 bits per heavy atom. The van der Waals surface area contributed by atoms with Crippen LogP contribution in [0, 0.1) is 5.92 Å². The number of carbonyl (C=O) groups is 4. The van der Waals surface area contributed by atoms with Gasteiger partial charge in [-0.25, -0.2) is 4.79 Å². The maximum absolute atomic E-state index is 12.9. The summed E-state index contributed by atoms with van der Waals surface area (Å²) in [5, 5.41) is -0.482. The molecule has 0 radical (unpaired) electrons. The van der Waals surface area contributed by atoms with Crippen molar-refractivity contribution in [3.8, 4) is 5.75 Å². The Hall–Kier alpha value is -2.33. The van der Waals surface area contributed by atoms with Crippen LogP contribution in [0.4, 0.5) is 4.79 Å². The second-order valence-corrected chi connectivity index (χ2v) is 9.52. The van der Waals surface area contributed by atoms with Crippen molar-refractivity contribution in [1.82, 2.24) is 9.80 Å². The van der Waals surface area contributed by atoms with Crippen molar-refractivity contribution in [3.05, 3.63) is 33.1 Å². The van der Waals surface area contributed by atoms with Gasteiger partial charge in [-0.05, 0) is 61.7 Å². The summed E-state index contributed by atoms with van der Waals surface area (Å²) in [7, 11) is 0. The molecule has 1 aromatic carbocycles. The van der Waals surface area contributed by atoms with Crippen LogP contribution < -0.4 is 4.74 Å². The molecule has 0 saturated carbocycles. The molecule has 0 aromatic heterocycles. The van der Waals surface area contributed by atoms with Crippen molar-refractivity contribution >= 4 is 56.8 Å². The van der Waals surface area contributed by atoms with E-state index in [1.807, 2.05) is 0 Å². The first-order valence-electron chi connectivity index (χ1n) is 10.4. The van der Waals surface area contributed by atoms with Crippen molar-refractivity contribution in [1.29, 1.82) is 0 Å². The number of benzene rings is 1. The predicted molar refractivity (Wildman–Crippen MR) is 124 cm³/mol. The van der Waals surface area contributed by atoms with Crippen molar-refractivity contribution in [2.45, 2.75) is 26.7 Å². The Morgan fingerprint density at radius 2 is 1.97 bits per heavy atom. The van der Waals surface area contributed by atoms with Gasteiger partial charge in [-0.15, -0.1) is 0 Å². The third kappa shape index (κ3) is 6.13. The van der Waals surface area contributed by atoms with Crippen LogP contribution >= 0.6 is 27.7 Å². The Labute approximate surface area is 199 Å². The largest absolute Gasteiger partial charge is 0.481 e. The number of piperidine rings is 1. The van der Waals surface area contributed by atoms with Crippen molar-refractivity contribution in [2.75, 3.05) is 32.8 Å². The highest BCUT2D eigenvalue weighted by Crippen LogP contribution is 2.35. The second kappa shape index (κ2) is 11.0. The van der Waals surface area contributed by atoms with Crippen molar-refractivity contribution in [2.24, 2.45) is 5.92 Å². The fourth-order valence-electron chi connectivity index (χ4n) is 3.37. The number of hydrogen-bond acceptors (Lipinski definition) is 7. The number of hydrogen-bond donors (Lipinski definition) is 0. The standard InChI is InChI=1S/C22H25BrN2O6S/c1-3-30-20(27)13-31-17-5-4-16(23)10-15(17)11-18-21(28)25(22(29)32-18)12-19(26)24-8-6-14(2)7-9-24/h4-5,10-11,14H,3,6-9,12-13H2,1-2H3/b18-11+. The Balaban J connectivity index is 1.72. The molecule has 10 heteroatoms. The van der Waals surface area contributed by atoms with Gasteiger partial charge in [0.1, 0.15) is 12.3 Å². The summed E-state index contributed by atoms with van der Waals surface area (Å²) in [6, 6.07) is 5.11. The molecule has 0 bridgehead atoms. The first-order valence-corrected chi connectivity index (χ1v) is 12.0. The van der Waals surface area contributed by atoms with Gasteiger partial charge in [0, 0.05) is 23.1 Å². The zero-order valence-corrected chi connectivity index (χ0v) is 20.4. The highest BCUT2D eigenvalue weighted by molar-refractivity contribution is 9.10. The molecule has 1 aromatic rings. The summed E-state index contributed by atoms with van der Waals surface area (Å²) in [5.41, 5.74) is 0.519. The zero-order valence-electron chi connectivity index (χ0n) is 18.0. The minimum absolute atomic E-state index is 0.189. The number of likely N-dealkylation sites (tertiary alicyclic amines) is 1. The number of thioether (sulfide) groups is 1. The van der Waals surface area contributed by atoms with Crippen LogP contribution in [0.15, 0.2) is 27.6 Å². The smallest absolute Gasteiger partial charge is 0.344 e.